The van der Waals surface area contributed by atoms with E-state index in [1.807, 2.05) is 12.2 Å². The molecule has 2 atom stereocenters. The standard InChI is InChI=1S/C15H17N5O4/c1-8(21)17-15-18-13-12(14(23)19-15)16-7-20(13)11-4-3-10(5-11)6-24-9(2)22/h3-4,7,10-11H,5-6H2,1-2H3,(H2,17,18,19,21,23)/t10-,11+/m1/s1. The molecule has 1 aliphatic rings. The zero-order chi connectivity index (χ0) is 17.3. The molecule has 0 spiro atoms. The van der Waals surface area contributed by atoms with E-state index in [2.05, 4.69) is 20.3 Å². The number of allylic oxidation sites excluding steroid dienone is 1. The maximum absolute atomic E-state index is 12.1. The molecular formula is C15H17N5O4. The third-order valence-corrected chi connectivity index (χ3v) is 3.73. The third kappa shape index (κ3) is 3.19. The molecule has 126 valence electrons. The molecule has 1 aliphatic carbocycles. The number of aromatic amines is 1. The molecule has 2 heterocycles. The SMILES string of the molecule is CC(=O)Nc1nc2c(ncn2[C@H]2C=C[C@@H](COC(C)=O)C2)c(=O)[nH]1. The third-order valence-electron chi connectivity index (χ3n) is 3.73. The lowest BCUT2D eigenvalue weighted by molar-refractivity contribution is -0.141. The van der Waals surface area contributed by atoms with Crippen molar-refractivity contribution in [1.29, 1.82) is 0 Å². The van der Waals surface area contributed by atoms with Gasteiger partial charge in [0.1, 0.15) is 0 Å². The lowest BCUT2D eigenvalue weighted by Crippen LogP contribution is -2.17. The summed E-state index contributed by atoms with van der Waals surface area (Å²) in [6.07, 6.45) is 6.20. The van der Waals surface area contributed by atoms with E-state index in [4.69, 9.17) is 4.74 Å². The molecule has 1 amide bonds. The summed E-state index contributed by atoms with van der Waals surface area (Å²) in [7, 11) is 0. The molecule has 2 aromatic rings. The number of ether oxygens (including phenoxy) is 1. The highest BCUT2D eigenvalue weighted by Crippen LogP contribution is 2.29. The van der Waals surface area contributed by atoms with Gasteiger partial charge < -0.3 is 9.30 Å². The fraction of sp³-hybridized carbons (Fsp3) is 0.400. The highest BCUT2D eigenvalue weighted by atomic mass is 16.5. The molecule has 2 aromatic heterocycles. The van der Waals surface area contributed by atoms with Crippen LogP contribution in [-0.4, -0.2) is 38.0 Å². The molecule has 24 heavy (non-hydrogen) atoms. The Morgan fingerprint density at radius 3 is 2.92 bits per heavy atom. The van der Waals surface area contributed by atoms with Gasteiger partial charge in [-0.15, -0.1) is 0 Å². The van der Waals surface area contributed by atoms with Gasteiger partial charge in [-0.2, -0.15) is 4.98 Å². The molecule has 9 nitrogen and oxygen atoms in total. The van der Waals surface area contributed by atoms with Crippen molar-refractivity contribution in [2.45, 2.75) is 26.3 Å². The van der Waals surface area contributed by atoms with Gasteiger partial charge in [0, 0.05) is 19.8 Å². The van der Waals surface area contributed by atoms with Crippen LogP contribution in [0, 0.1) is 5.92 Å². The molecule has 0 aliphatic heterocycles. The highest BCUT2D eigenvalue weighted by Gasteiger charge is 2.24. The predicted molar refractivity (Wildman–Crippen MR) is 85.4 cm³/mol. The lowest BCUT2D eigenvalue weighted by Gasteiger charge is -2.14. The van der Waals surface area contributed by atoms with E-state index in [0.717, 1.165) is 0 Å². The molecule has 3 rings (SSSR count). The number of hydrogen-bond acceptors (Lipinski definition) is 6. The quantitative estimate of drug-likeness (QED) is 0.630. The first-order valence-corrected chi connectivity index (χ1v) is 7.50. The van der Waals surface area contributed by atoms with E-state index in [9.17, 15) is 14.4 Å². The highest BCUT2D eigenvalue weighted by molar-refractivity contribution is 5.87. The molecule has 0 radical (unpaired) electrons. The molecular weight excluding hydrogens is 314 g/mol. The monoisotopic (exact) mass is 331 g/mol. The minimum Gasteiger partial charge on any atom is -0.465 e. The van der Waals surface area contributed by atoms with E-state index in [-0.39, 0.29) is 35.3 Å². The first-order valence-electron chi connectivity index (χ1n) is 7.50. The molecule has 0 fully saturated rings. The molecule has 0 saturated carbocycles. The van der Waals surface area contributed by atoms with Crippen LogP contribution in [0.5, 0.6) is 0 Å². The van der Waals surface area contributed by atoms with E-state index in [1.54, 1.807) is 10.9 Å². The van der Waals surface area contributed by atoms with Crippen LogP contribution in [0.2, 0.25) is 0 Å². The largest absolute Gasteiger partial charge is 0.465 e. The van der Waals surface area contributed by atoms with Gasteiger partial charge in [-0.05, 0) is 6.42 Å². The van der Waals surface area contributed by atoms with Gasteiger partial charge in [0.2, 0.25) is 11.9 Å². The summed E-state index contributed by atoms with van der Waals surface area (Å²) in [5.41, 5.74) is 0.187. The lowest BCUT2D eigenvalue weighted by atomic mass is 10.1. The summed E-state index contributed by atoms with van der Waals surface area (Å²) in [6.45, 7) is 3.03. The number of imidazole rings is 1. The number of H-pyrrole nitrogens is 1. The minimum atomic E-state index is -0.416. The number of amides is 1. The van der Waals surface area contributed by atoms with Gasteiger partial charge in [0.15, 0.2) is 11.2 Å². The zero-order valence-corrected chi connectivity index (χ0v) is 13.3. The molecule has 0 unspecified atom stereocenters. The first kappa shape index (κ1) is 15.9. The van der Waals surface area contributed by atoms with Crippen molar-refractivity contribution in [3.8, 4) is 0 Å². The average molecular weight is 331 g/mol. The topological polar surface area (TPSA) is 119 Å². The maximum atomic E-state index is 12.1. The van der Waals surface area contributed by atoms with Crippen molar-refractivity contribution < 1.29 is 14.3 Å². The van der Waals surface area contributed by atoms with Crippen LogP contribution in [-0.2, 0) is 14.3 Å². The van der Waals surface area contributed by atoms with Gasteiger partial charge in [-0.3, -0.25) is 24.7 Å². The van der Waals surface area contributed by atoms with Crippen LogP contribution >= 0.6 is 0 Å². The summed E-state index contributed by atoms with van der Waals surface area (Å²) in [5, 5.41) is 2.46. The second-order valence-electron chi connectivity index (χ2n) is 5.67. The van der Waals surface area contributed by atoms with Crippen molar-refractivity contribution >= 4 is 29.0 Å². The number of fused-ring (bicyclic) bond motifs is 1. The Morgan fingerprint density at radius 1 is 1.42 bits per heavy atom. The number of hydrogen-bond donors (Lipinski definition) is 2. The molecule has 2 N–H and O–H groups in total. The summed E-state index contributed by atoms with van der Waals surface area (Å²) in [6, 6.07) is -0.0463. The predicted octanol–water partition coefficient (Wildman–Crippen LogP) is 0.758. The van der Waals surface area contributed by atoms with Gasteiger partial charge in [-0.25, -0.2) is 4.98 Å². The van der Waals surface area contributed by atoms with E-state index >= 15 is 0 Å². The van der Waals surface area contributed by atoms with Crippen molar-refractivity contribution in [1.82, 2.24) is 19.5 Å². The Balaban J connectivity index is 1.87. The Morgan fingerprint density at radius 2 is 2.21 bits per heavy atom. The van der Waals surface area contributed by atoms with Crippen LogP contribution in [0.4, 0.5) is 5.95 Å². The van der Waals surface area contributed by atoms with E-state index in [1.165, 1.54) is 13.8 Å². The maximum Gasteiger partial charge on any atom is 0.302 e. The number of aromatic nitrogens is 4. The van der Waals surface area contributed by atoms with Gasteiger partial charge in [-0.1, -0.05) is 12.2 Å². The van der Waals surface area contributed by atoms with Crippen molar-refractivity contribution in [3.05, 3.63) is 28.8 Å². The smallest absolute Gasteiger partial charge is 0.302 e. The van der Waals surface area contributed by atoms with Crippen LogP contribution in [0.25, 0.3) is 11.2 Å². The van der Waals surface area contributed by atoms with Gasteiger partial charge >= 0.3 is 5.97 Å². The van der Waals surface area contributed by atoms with Crippen molar-refractivity contribution in [2.75, 3.05) is 11.9 Å². The second-order valence-corrected chi connectivity index (χ2v) is 5.67. The fourth-order valence-electron chi connectivity index (χ4n) is 2.70. The summed E-state index contributed by atoms with van der Waals surface area (Å²) < 4.78 is 6.81. The minimum absolute atomic E-state index is 0.0463. The van der Waals surface area contributed by atoms with Crippen LogP contribution in [0.15, 0.2) is 23.3 Å². The molecule has 0 bridgehead atoms. The van der Waals surface area contributed by atoms with Crippen LogP contribution in [0.1, 0.15) is 26.3 Å². The van der Waals surface area contributed by atoms with E-state index < -0.39 is 5.56 Å². The number of anilines is 1. The van der Waals surface area contributed by atoms with Gasteiger partial charge in [0.05, 0.1) is 19.0 Å². The van der Waals surface area contributed by atoms with Crippen LogP contribution in [0.3, 0.4) is 0 Å². The van der Waals surface area contributed by atoms with E-state index in [0.29, 0.717) is 18.7 Å². The Kier molecular flexibility index (Phi) is 4.15. The van der Waals surface area contributed by atoms with Crippen LogP contribution < -0.4 is 10.9 Å². The summed E-state index contributed by atoms with van der Waals surface area (Å²) >= 11 is 0. The summed E-state index contributed by atoms with van der Waals surface area (Å²) in [5.74, 6) is -0.452. The van der Waals surface area contributed by atoms with Crippen molar-refractivity contribution in [2.24, 2.45) is 5.92 Å². The number of rotatable bonds is 4. The van der Waals surface area contributed by atoms with Gasteiger partial charge in [0.25, 0.3) is 5.56 Å². The second kappa shape index (κ2) is 6.26. The number of carbonyl (C=O) groups is 2. The average Bonchev–Trinajstić information content (AvgIpc) is 3.10. The number of carbonyl (C=O) groups excluding carboxylic acids is 2. The Bertz CT molecular complexity index is 882. The van der Waals surface area contributed by atoms with Crippen molar-refractivity contribution in [3.63, 3.8) is 0 Å². The molecule has 0 saturated heterocycles. The first-order chi connectivity index (χ1) is 11.4. The normalized spacial score (nSPS) is 19.6. The zero-order valence-electron chi connectivity index (χ0n) is 13.3. The Hall–Kier alpha value is -2.97. The Labute approximate surface area is 136 Å². The number of esters is 1. The molecule has 0 aromatic carbocycles. The fourth-order valence-corrected chi connectivity index (χ4v) is 2.70. The molecule has 9 heteroatoms. The summed E-state index contributed by atoms with van der Waals surface area (Å²) in [4.78, 5) is 45.0. The number of nitrogens with zero attached hydrogens (tertiary/aromatic N) is 3. The number of nitrogens with one attached hydrogen (secondary N) is 2.